The van der Waals surface area contributed by atoms with Gasteiger partial charge in [-0.05, 0) is 18.8 Å². The Morgan fingerprint density at radius 3 is 2.67 bits per heavy atom. The van der Waals surface area contributed by atoms with Gasteiger partial charge in [-0.3, -0.25) is 14.5 Å². The third-order valence-corrected chi connectivity index (χ3v) is 4.99. The fraction of sp³-hybridized carbons (Fsp3) is 0.833. The van der Waals surface area contributed by atoms with E-state index in [-0.39, 0.29) is 24.3 Å². The molecule has 0 bridgehead atoms. The van der Waals surface area contributed by atoms with Crippen molar-refractivity contribution in [2.75, 3.05) is 73.1 Å². The monoisotopic (exact) mass is 382 g/mol. The first-order valence-corrected chi connectivity index (χ1v) is 9.77. The molecule has 0 aromatic carbocycles. The molecule has 2 amide bonds. The smallest absolute Gasteiger partial charge is 0.243 e. The minimum absolute atomic E-state index is 0.0341. The standard InChI is InChI=1S/C18H34N6O3/c1-22(2)17(26)13-21-18(20-5-7-23-8-10-27-11-9-23)24-6-3-4-15(14-24)12-16(19)25/h15H,3-14H2,1-2H3,(H2,19,25)(H,20,21). The summed E-state index contributed by atoms with van der Waals surface area (Å²) in [5.41, 5.74) is 5.37. The molecule has 1 unspecified atom stereocenters. The van der Waals surface area contributed by atoms with E-state index in [0.717, 1.165) is 71.3 Å². The number of carbonyl (C=O) groups excluding carboxylic acids is 2. The van der Waals surface area contributed by atoms with Gasteiger partial charge in [-0.25, -0.2) is 4.99 Å². The minimum atomic E-state index is -0.261. The summed E-state index contributed by atoms with van der Waals surface area (Å²) in [4.78, 5) is 33.8. The number of carbonyl (C=O) groups is 2. The van der Waals surface area contributed by atoms with Crippen LogP contribution in [0.1, 0.15) is 19.3 Å². The molecule has 1 atom stereocenters. The fourth-order valence-corrected chi connectivity index (χ4v) is 3.41. The Hall–Kier alpha value is -1.87. The van der Waals surface area contributed by atoms with E-state index in [1.807, 2.05) is 0 Å². The summed E-state index contributed by atoms with van der Waals surface area (Å²) in [5, 5.41) is 3.41. The number of guanidine groups is 1. The zero-order chi connectivity index (χ0) is 19.6. The van der Waals surface area contributed by atoms with E-state index in [4.69, 9.17) is 10.5 Å². The minimum Gasteiger partial charge on any atom is -0.379 e. The SMILES string of the molecule is CN(C)C(=O)CN=C(NCCN1CCOCC1)N1CCCC(CC(N)=O)C1. The topological polar surface area (TPSA) is 104 Å². The largest absolute Gasteiger partial charge is 0.379 e. The highest BCUT2D eigenvalue weighted by molar-refractivity contribution is 5.85. The third-order valence-electron chi connectivity index (χ3n) is 4.99. The summed E-state index contributed by atoms with van der Waals surface area (Å²) in [6.07, 6.45) is 2.38. The lowest BCUT2D eigenvalue weighted by atomic mass is 9.95. The summed E-state index contributed by atoms with van der Waals surface area (Å²) in [6.45, 7) is 6.82. The Morgan fingerprint density at radius 1 is 1.26 bits per heavy atom. The number of hydrogen-bond donors (Lipinski definition) is 2. The number of ether oxygens (including phenoxy) is 1. The van der Waals surface area contributed by atoms with Gasteiger partial charge in [0.05, 0.1) is 13.2 Å². The molecule has 2 heterocycles. The van der Waals surface area contributed by atoms with Gasteiger partial charge in [0.15, 0.2) is 5.96 Å². The first-order valence-electron chi connectivity index (χ1n) is 9.77. The van der Waals surface area contributed by atoms with Gasteiger partial charge in [-0.15, -0.1) is 0 Å². The van der Waals surface area contributed by atoms with E-state index in [9.17, 15) is 9.59 Å². The molecule has 0 radical (unpaired) electrons. The second-order valence-corrected chi connectivity index (χ2v) is 7.43. The number of rotatable bonds is 7. The second-order valence-electron chi connectivity index (χ2n) is 7.43. The highest BCUT2D eigenvalue weighted by Crippen LogP contribution is 2.19. The summed E-state index contributed by atoms with van der Waals surface area (Å²) < 4.78 is 5.38. The van der Waals surface area contributed by atoms with Crippen LogP contribution in [0.5, 0.6) is 0 Å². The lowest BCUT2D eigenvalue weighted by Crippen LogP contribution is -2.49. The molecule has 0 aromatic rings. The van der Waals surface area contributed by atoms with Crippen molar-refractivity contribution in [2.45, 2.75) is 19.3 Å². The van der Waals surface area contributed by atoms with Crippen molar-refractivity contribution >= 4 is 17.8 Å². The number of morpholine rings is 1. The lowest BCUT2D eigenvalue weighted by Gasteiger charge is -2.35. The number of nitrogens with two attached hydrogens (primary N) is 1. The van der Waals surface area contributed by atoms with Crippen LogP contribution in [0.15, 0.2) is 4.99 Å². The number of piperidine rings is 1. The van der Waals surface area contributed by atoms with Gasteiger partial charge in [-0.1, -0.05) is 0 Å². The van der Waals surface area contributed by atoms with Crippen LogP contribution in [-0.2, 0) is 14.3 Å². The number of likely N-dealkylation sites (N-methyl/N-ethyl adjacent to an activating group) is 1. The van der Waals surface area contributed by atoms with Crippen LogP contribution in [0.25, 0.3) is 0 Å². The average molecular weight is 383 g/mol. The molecule has 9 heteroatoms. The molecule has 27 heavy (non-hydrogen) atoms. The van der Waals surface area contributed by atoms with E-state index in [2.05, 4.69) is 20.1 Å². The van der Waals surface area contributed by atoms with Gasteiger partial charge >= 0.3 is 0 Å². The molecule has 2 rings (SSSR count). The summed E-state index contributed by atoms with van der Waals surface area (Å²) in [6, 6.07) is 0. The average Bonchev–Trinajstić information content (AvgIpc) is 2.64. The van der Waals surface area contributed by atoms with Crippen molar-refractivity contribution in [1.29, 1.82) is 0 Å². The van der Waals surface area contributed by atoms with Gasteiger partial charge in [-0.2, -0.15) is 0 Å². The van der Waals surface area contributed by atoms with Gasteiger partial charge < -0.3 is 25.6 Å². The van der Waals surface area contributed by atoms with Crippen molar-refractivity contribution in [1.82, 2.24) is 20.0 Å². The molecule has 2 aliphatic rings. The highest BCUT2D eigenvalue weighted by Gasteiger charge is 2.24. The maximum Gasteiger partial charge on any atom is 0.243 e. The fourth-order valence-electron chi connectivity index (χ4n) is 3.41. The number of aliphatic imine (C=N–C) groups is 1. The molecule has 3 N–H and O–H groups in total. The number of likely N-dealkylation sites (tertiary alicyclic amines) is 1. The molecule has 0 saturated carbocycles. The zero-order valence-corrected chi connectivity index (χ0v) is 16.7. The predicted octanol–water partition coefficient (Wildman–Crippen LogP) is -1.06. The van der Waals surface area contributed by atoms with Crippen molar-refractivity contribution in [3.63, 3.8) is 0 Å². The molecule has 2 aliphatic heterocycles. The Bertz CT molecular complexity index is 519. The van der Waals surface area contributed by atoms with Gasteiger partial charge in [0.25, 0.3) is 0 Å². The van der Waals surface area contributed by atoms with Crippen molar-refractivity contribution in [3.8, 4) is 0 Å². The van der Waals surface area contributed by atoms with Gasteiger partial charge in [0, 0.05) is 59.8 Å². The number of nitrogens with zero attached hydrogens (tertiary/aromatic N) is 4. The maximum absolute atomic E-state index is 12.0. The predicted molar refractivity (Wildman–Crippen MR) is 104 cm³/mol. The highest BCUT2D eigenvalue weighted by atomic mass is 16.5. The molecule has 0 aromatic heterocycles. The van der Waals surface area contributed by atoms with E-state index < -0.39 is 0 Å². The van der Waals surface area contributed by atoms with E-state index in [1.54, 1.807) is 19.0 Å². The van der Waals surface area contributed by atoms with Crippen LogP contribution < -0.4 is 11.1 Å². The van der Waals surface area contributed by atoms with Crippen LogP contribution in [0.3, 0.4) is 0 Å². The van der Waals surface area contributed by atoms with Crippen LogP contribution >= 0.6 is 0 Å². The van der Waals surface area contributed by atoms with E-state index >= 15 is 0 Å². The molecule has 2 saturated heterocycles. The molecule has 9 nitrogen and oxygen atoms in total. The van der Waals surface area contributed by atoms with E-state index in [0.29, 0.717) is 6.42 Å². The Kier molecular flexibility index (Phi) is 8.80. The Balaban J connectivity index is 1.94. The maximum atomic E-state index is 12.0. The molecule has 0 aliphatic carbocycles. The first kappa shape index (κ1) is 21.4. The number of primary amides is 1. The Morgan fingerprint density at radius 2 is 2.00 bits per heavy atom. The summed E-state index contributed by atoms with van der Waals surface area (Å²) >= 11 is 0. The van der Waals surface area contributed by atoms with Crippen molar-refractivity contribution < 1.29 is 14.3 Å². The van der Waals surface area contributed by atoms with Crippen LogP contribution in [0.2, 0.25) is 0 Å². The third kappa shape index (κ3) is 7.72. The Labute approximate surface area is 161 Å². The van der Waals surface area contributed by atoms with Crippen molar-refractivity contribution in [3.05, 3.63) is 0 Å². The van der Waals surface area contributed by atoms with Crippen LogP contribution in [0, 0.1) is 5.92 Å². The number of hydrogen-bond acceptors (Lipinski definition) is 5. The molecule has 154 valence electrons. The van der Waals surface area contributed by atoms with Gasteiger partial charge in [0.2, 0.25) is 11.8 Å². The number of nitrogens with one attached hydrogen (secondary N) is 1. The number of amides is 2. The second kappa shape index (κ2) is 11.1. The quantitative estimate of drug-likeness (QED) is 0.430. The molecule has 0 spiro atoms. The summed E-state index contributed by atoms with van der Waals surface area (Å²) in [7, 11) is 3.46. The molecular weight excluding hydrogens is 348 g/mol. The first-order chi connectivity index (χ1) is 13.0. The van der Waals surface area contributed by atoms with Crippen LogP contribution in [0.4, 0.5) is 0 Å². The molecule has 2 fully saturated rings. The zero-order valence-electron chi connectivity index (χ0n) is 16.7. The lowest BCUT2D eigenvalue weighted by molar-refractivity contribution is -0.127. The molecular formula is C18H34N6O3. The van der Waals surface area contributed by atoms with Crippen LogP contribution in [-0.4, -0.2) is 106 Å². The van der Waals surface area contributed by atoms with Crippen molar-refractivity contribution in [2.24, 2.45) is 16.6 Å². The van der Waals surface area contributed by atoms with Gasteiger partial charge in [0.1, 0.15) is 6.54 Å². The van der Waals surface area contributed by atoms with E-state index in [1.165, 1.54) is 0 Å². The normalized spacial score (nSPS) is 21.8. The summed E-state index contributed by atoms with van der Waals surface area (Å²) in [5.74, 6) is 0.691.